The fourth-order valence-corrected chi connectivity index (χ4v) is 5.33. The van der Waals surface area contributed by atoms with Crippen LogP contribution in [0.5, 0.6) is 0 Å². The second-order valence-corrected chi connectivity index (χ2v) is 10.4. The number of carbonyl (C=O) groups is 1. The van der Waals surface area contributed by atoms with Crippen LogP contribution in [0, 0.1) is 5.82 Å². The molecule has 3 N–H and O–H groups in total. The van der Waals surface area contributed by atoms with E-state index in [1.807, 2.05) is 12.1 Å². The molecule has 0 heterocycles. The molecule has 0 radical (unpaired) electrons. The van der Waals surface area contributed by atoms with Crippen LogP contribution in [0.25, 0.3) is 11.1 Å². The molecule has 3 aromatic carbocycles. The number of halogens is 4. The molecule has 1 unspecified atom stereocenters. The first-order valence-electron chi connectivity index (χ1n) is 12.2. The predicted molar refractivity (Wildman–Crippen MR) is 148 cm³/mol. The van der Waals surface area contributed by atoms with Crippen LogP contribution in [0.3, 0.4) is 0 Å². The maximum atomic E-state index is 13.6. The molecule has 1 aliphatic carbocycles. The van der Waals surface area contributed by atoms with Gasteiger partial charge in [0.1, 0.15) is 5.82 Å². The second-order valence-electron chi connectivity index (χ2n) is 9.17. The van der Waals surface area contributed by atoms with E-state index in [0.29, 0.717) is 28.3 Å². The zero-order valence-corrected chi connectivity index (χ0v) is 22.1. The molecule has 1 saturated carbocycles. The average molecular weight is 549 g/mol. The molecular weight excluding hydrogens is 520 g/mol. The number of benzene rings is 3. The van der Waals surface area contributed by atoms with Gasteiger partial charge in [-0.1, -0.05) is 78.0 Å². The summed E-state index contributed by atoms with van der Waals surface area (Å²) in [6.45, 7) is 1.34. The van der Waals surface area contributed by atoms with Gasteiger partial charge in [-0.2, -0.15) is 0 Å². The molecule has 4 nitrogen and oxygen atoms in total. The summed E-state index contributed by atoms with van der Waals surface area (Å²) in [5.41, 5.74) is 3.45. The highest BCUT2D eigenvalue weighted by atomic mass is 35.5. The van der Waals surface area contributed by atoms with Crippen LogP contribution < -0.4 is 16.0 Å². The fourth-order valence-electron chi connectivity index (χ4n) is 4.62. The molecule has 0 saturated heterocycles. The van der Waals surface area contributed by atoms with Crippen molar-refractivity contribution in [3.8, 4) is 11.1 Å². The molecule has 190 valence electrons. The fraction of sp³-hybridized carbons (Fsp3) is 0.321. The molecule has 8 heteroatoms. The monoisotopic (exact) mass is 547 g/mol. The molecule has 2 amide bonds. The molecule has 4 rings (SSSR count). The number of urea groups is 1. The SMILES string of the molecule is O=C(NCC(CCNC1CCCC1)c1ccc(-c2ccc(F)c(Cl)c2)cc1)Nc1cc(Cl)cc(Cl)c1. The van der Waals surface area contributed by atoms with Crippen LogP contribution in [0.1, 0.15) is 43.6 Å². The summed E-state index contributed by atoms with van der Waals surface area (Å²) in [6.07, 6.45) is 5.89. The van der Waals surface area contributed by atoms with E-state index in [0.717, 1.165) is 29.7 Å². The summed E-state index contributed by atoms with van der Waals surface area (Å²) in [7, 11) is 0. The van der Waals surface area contributed by atoms with Crippen LogP contribution >= 0.6 is 34.8 Å². The Kier molecular flexibility index (Phi) is 9.49. The average Bonchev–Trinajstić information content (AvgIpc) is 3.36. The second kappa shape index (κ2) is 12.8. The Morgan fingerprint density at radius 2 is 1.58 bits per heavy atom. The summed E-state index contributed by atoms with van der Waals surface area (Å²) in [4.78, 5) is 12.6. The van der Waals surface area contributed by atoms with Crippen molar-refractivity contribution < 1.29 is 9.18 Å². The highest BCUT2D eigenvalue weighted by molar-refractivity contribution is 6.35. The van der Waals surface area contributed by atoms with E-state index in [1.165, 1.54) is 31.7 Å². The van der Waals surface area contributed by atoms with Crippen molar-refractivity contribution >= 4 is 46.5 Å². The number of anilines is 1. The summed E-state index contributed by atoms with van der Waals surface area (Å²) in [6, 6.07) is 18.0. The van der Waals surface area contributed by atoms with Gasteiger partial charge in [0.25, 0.3) is 0 Å². The normalized spacial score (nSPS) is 14.6. The van der Waals surface area contributed by atoms with Crippen LogP contribution in [-0.2, 0) is 0 Å². The lowest BCUT2D eigenvalue weighted by atomic mass is 9.93. The highest BCUT2D eigenvalue weighted by Gasteiger charge is 2.17. The van der Waals surface area contributed by atoms with Crippen LogP contribution in [-0.4, -0.2) is 25.2 Å². The zero-order chi connectivity index (χ0) is 25.5. The Hall–Kier alpha value is -2.31. The van der Waals surface area contributed by atoms with Crippen LogP contribution in [0.15, 0.2) is 60.7 Å². The molecule has 0 bridgehead atoms. The van der Waals surface area contributed by atoms with Gasteiger partial charge in [0, 0.05) is 34.2 Å². The third-order valence-electron chi connectivity index (χ3n) is 6.55. The van der Waals surface area contributed by atoms with E-state index in [1.54, 1.807) is 30.3 Å². The molecule has 1 fully saturated rings. The molecule has 1 atom stereocenters. The molecule has 1 aliphatic rings. The van der Waals surface area contributed by atoms with E-state index < -0.39 is 5.82 Å². The lowest BCUT2D eigenvalue weighted by molar-refractivity contribution is 0.251. The number of rotatable bonds is 9. The number of carbonyl (C=O) groups excluding carboxylic acids is 1. The van der Waals surface area contributed by atoms with Gasteiger partial charge in [-0.05, 0) is 72.8 Å². The smallest absolute Gasteiger partial charge is 0.319 e. The minimum absolute atomic E-state index is 0.101. The van der Waals surface area contributed by atoms with Gasteiger partial charge in [0.05, 0.1) is 5.02 Å². The molecule has 0 spiro atoms. The first-order chi connectivity index (χ1) is 17.4. The van der Waals surface area contributed by atoms with Crippen LogP contribution in [0.4, 0.5) is 14.9 Å². The molecule has 3 aromatic rings. The minimum Gasteiger partial charge on any atom is -0.337 e. The van der Waals surface area contributed by atoms with E-state index in [4.69, 9.17) is 34.8 Å². The third kappa shape index (κ3) is 7.59. The van der Waals surface area contributed by atoms with Gasteiger partial charge in [-0.15, -0.1) is 0 Å². The van der Waals surface area contributed by atoms with E-state index >= 15 is 0 Å². The first kappa shape index (κ1) is 26.7. The maximum Gasteiger partial charge on any atom is 0.319 e. The molecule has 0 aromatic heterocycles. The van der Waals surface area contributed by atoms with Gasteiger partial charge < -0.3 is 16.0 Å². The Balaban J connectivity index is 1.42. The highest BCUT2D eigenvalue weighted by Crippen LogP contribution is 2.28. The quantitative estimate of drug-likeness (QED) is 0.252. The number of amides is 2. The van der Waals surface area contributed by atoms with Gasteiger partial charge >= 0.3 is 6.03 Å². The van der Waals surface area contributed by atoms with Crippen molar-refractivity contribution in [2.24, 2.45) is 0 Å². The lowest BCUT2D eigenvalue weighted by Gasteiger charge is -2.21. The molecular formula is C28H29Cl3FN3O. The summed E-state index contributed by atoms with van der Waals surface area (Å²) >= 11 is 18.0. The summed E-state index contributed by atoms with van der Waals surface area (Å²) < 4.78 is 13.6. The standard InChI is InChI=1S/C28H29Cl3FN3O/c29-22-14-23(30)16-25(15-22)35-28(36)34-17-21(11-12-33-24-3-1-2-4-24)19-7-5-18(6-8-19)20-9-10-27(32)26(31)13-20/h5-10,13-16,21,24,33H,1-4,11-12,17H2,(H2,34,35,36). The van der Waals surface area contributed by atoms with Crippen molar-refractivity contribution in [1.82, 2.24) is 10.6 Å². The van der Waals surface area contributed by atoms with Crippen molar-refractivity contribution in [2.45, 2.75) is 44.1 Å². The van der Waals surface area contributed by atoms with E-state index in [2.05, 4.69) is 28.1 Å². The van der Waals surface area contributed by atoms with Crippen molar-refractivity contribution in [1.29, 1.82) is 0 Å². The summed E-state index contributed by atoms with van der Waals surface area (Å²) in [5.74, 6) is -0.324. The van der Waals surface area contributed by atoms with Crippen molar-refractivity contribution in [3.05, 3.63) is 87.1 Å². The van der Waals surface area contributed by atoms with Gasteiger partial charge in [-0.25, -0.2) is 9.18 Å². The molecule has 0 aliphatic heterocycles. The predicted octanol–water partition coefficient (Wildman–Crippen LogP) is 8.28. The maximum absolute atomic E-state index is 13.6. The van der Waals surface area contributed by atoms with Crippen molar-refractivity contribution in [3.63, 3.8) is 0 Å². The molecule has 36 heavy (non-hydrogen) atoms. The van der Waals surface area contributed by atoms with E-state index in [-0.39, 0.29) is 17.0 Å². The lowest BCUT2D eigenvalue weighted by Crippen LogP contribution is -2.34. The van der Waals surface area contributed by atoms with Gasteiger partial charge in [-0.3, -0.25) is 0 Å². The Morgan fingerprint density at radius 1 is 0.917 bits per heavy atom. The van der Waals surface area contributed by atoms with Crippen LogP contribution in [0.2, 0.25) is 15.1 Å². The third-order valence-corrected chi connectivity index (χ3v) is 7.27. The number of hydrogen-bond acceptors (Lipinski definition) is 2. The number of hydrogen-bond donors (Lipinski definition) is 3. The van der Waals surface area contributed by atoms with E-state index in [9.17, 15) is 9.18 Å². The topological polar surface area (TPSA) is 53.2 Å². The van der Waals surface area contributed by atoms with Gasteiger partial charge in [0.15, 0.2) is 0 Å². The Bertz CT molecular complexity index is 1160. The minimum atomic E-state index is -0.434. The van der Waals surface area contributed by atoms with Crippen molar-refractivity contribution in [2.75, 3.05) is 18.4 Å². The Morgan fingerprint density at radius 3 is 2.25 bits per heavy atom. The number of nitrogens with one attached hydrogen (secondary N) is 3. The van der Waals surface area contributed by atoms with Gasteiger partial charge in [0.2, 0.25) is 0 Å². The summed E-state index contributed by atoms with van der Waals surface area (Å²) in [5, 5.41) is 10.5. The first-order valence-corrected chi connectivity index (χ1v) is 13.3. The zero-order valence-electron chi connectivity index (χ0n) is 19.8. The Labute approximate surface area is 226 Å². The largest absolute Gasteiger partial charge is 0.337 e.